The normalized spacial score (nSPS) is 15.4. The number of piperazine rings is 1. The van der Waals surface area contributed by atoms with Gasteiger partial charge < -0.3 is 19.9 Å². The standard InChI is InChI=1S/C20H27N5O2/c1-17(18-7-3-2-4-8-18)27-16-6-11-23-20(26)25-14-12-24(13-15-25)19-21-9-5-10-22-19/h2-5,7-10,17H,6,11-16H2,1H3,(H,23,26)/t17-/m1/s1. The average molecular weight is 369 g/mol. The Morgan fingerprint density at radius 2 is 1.81 bits per heavy atom. The molecule has 1 atom stereocenters. The van der Waals surface area contributed by atoms with Gasteiger partial charge in [-0.2, -0.15) is 0 Å². The number of amides is 2. The molecule has 1 aliphatic heterocycles. The van der Waals surface area contributed by atoms with Gasteiger partial charge >= 0.3 is 6.03 Å². The number of rotatable bonds is 7. The summed E-state index contributed by atoms with van der Waals surface area (Å²) in [5, 5.41) is 2.98. The molecule has 0 radical (unpaired) electrons. The molecular formula is C20H27N5O2. The molecule has 2 amide bonds. The molecule has 1 aromatic carbocycles. The fourth-order valence-electron chi connectivity index (χ4n) is 3.02. The summed E-state index contributed by atoms with van der Waals surface area (Å²) in [6, 6.07) is 11.9. The Kier molecular flexibility index (Phi) is 6.98. The van der Waals surface area contributed by atoms with Crippen LogP contribution in [0.25, 0.3) is 0 Å². The van der Waals surface area contributed by atoms with Crippen molar-refractivity contribution in [2.75, 3.05) is 44.2 Å². The van der Waals surface area contributed by atoms with Gasteiger partial charge in [0.05, 0.1) is 6.10 Å². The van der Waals surface area contributed by atoms with E-state index < -0.39 is 0 Å². The Labute approximate surface area is 160 Å². The number of carbonyl (C=O) groups excluding carboxylic acids is 1. The van der Waals surface area contributed by atoms with Crippen molar-refractivity contribution in [3.05, 3.63) is 54.4 Å². The van der Waals surface area contributed by atoms with E-state index in [2.05, 4.69) is 32.3 Å². The minimum atomic E-state index is -0.0141. The number of nitrogens with zero attached hydrogens (tertiary/aromatic N) is 4. The van der Waals surface area contributed by atoms with Crippen molar-refractivity contribution >= 4 is 12.0 Å². The highest BCUT2D eigenvalue weighted by Crippen LogP contribution is 2.15. The number of anilines is 1. The maximum Gasteiger partial charge on any atom is 0.317 e. The van der Waals surface area contributed by atoms with E-state index in [1.54, 1.807) is 18.5 Å². The van der Waals surface area contributed by atoms with Crippen LogP contribution in [0.15, 0.2) is 48.8 Å². The minimum Gasteiger partial charge on any atom is -0.374 e. The molecule has 7 nitrogen and oxygen atoms in total. The number of carbonyl (C=O) groups is 1. The third kappa shape index (κ3) is 5.65. The lowest BCUT2D eigenvalue weighted by Crippen LogP contribution is -2.52. The second-order valence-electron chi connectivity index (χ2n) is 6.53. The number of benzene rings is 1. The molecule has 1 aliphatic rings. The number of urea groups is 1. The molecule has 1 saturated heterocycles. The van der Waals surface area contributed by atoms with Crippen LogP contribution in [0.4, 0.5) is 10.7 Å². The molecule has 0 spiro atoms. The van der Waals surface area contributed by atoms with Gasteiger partial charge in [-0.3, -0.25) is 0 Å². The molecule has 0 bridgehead atoms. The summed E-state index contributed by atoms with van der Waals surface area (Å²) in [6.45, 7) is 6.11. The molecule has 1 aromatic heterocycles. The average Bonchev–Trinajstić information content (AvgIpc) is 2.74. The van der Waals surface area contributed by atoms with E-state index in [-0.39, 0.29) is 12.1 Å². The highest BCUT2D eigenvalue weighted by Gasteiger charge is 2.22. The van der Waals surface area contributed by atoms with E-state index in [4.69, 9.17) is 4.74 Å². The summed E-state index contributed by atoms with van der Waals surface area (Å²) in [6.07, 6.45) is 4.33. The first kappa shape index (κ1) is 19.1. The van der Waals surface area contributed by atoms with Crippen LogP contribution in [0.5, 0.6) is 0 Å². The van der Waals surface area contributed by atoms with Crippen molar-refractivity contribution < 1.29 is 9.53 Å². The summed E-state index contributed by atoms with van der Waals surface area (Å²) in [5.74, 6) is 0.724. The van der Waals surface area contributed by atoms with Gasteiger partial charge in [-0.05, 0) is 25.0 Å². The summed E-state index contributed by atoms with van der Waals surface area (Å²) in [4.78, 5) is 24.7. The molecular weight excluding hydrogens is 342 g/mol. The Morgan fingerprint density at radius 3 is 2.52 bits per heavy atom. The van der Waals surface area contributed by atoms with Gasteiger partial charge in [-0.25, -0.2) is 14.8 Å². The molecule has 0 saturated carbocycles. The van der Waals surface area contributed by atoms with E-state index in [0.29, 0.717) is 26.2 Å². The van der Waals surface area contributed by atoms with E-state index in [0.717, 1.165) is 25.5 Å². The van der Waals surface area contributed by atoms with Gasteiger partial charge in [-0.15, -0.1) is 0 Å². The highest BCUT2D eigenvalue weighted by molar-refractivity contribution is 5.74. The van der Waals surface area contributed by atoms with Crippen LogP contribution < -0.4 is 10.2 Å². The van der Waals surface area contributed by atoms with Crippen LogP contribution in [-0.2, 0) is 4.74 Å². The third-order valence-electron chi connectivity index (χ3n) is 4.64. The quantitative estimate of drug-likeness (QED) is 0.759. The van der Waals surface area contributed by atoms with Gasteiger partial charge in [0.15, 0.2) is 0 Å². The van der Waals surface area contributed by atoms with Gasteiger partial charge in [0.1, 0.15) is 0 Å². The molecule has 1 N–H and O–H groups in total. The van der Waals surface area contributed by atoms with E-state index in [9.17, 15) is 4.79 Å². The smallest absolute Gasteiger partial charge is 0.317 e. The monoisotopic (exact) mass is 369 g/mol. The third-order valence-corrected chi connectivity index (χ3v) is 4.64. The lowest BCUT2D eigenvalue weighted by Gasteiger charge is -2.34. The van der Waals surface area contributed by atoms with Crippen molar-refractivity contribution in [3.8, 4) is 0 Å². The minimum absolute atomic E-state index is 0.0141. The maximum atomic E-state index is 12.3. The number of ether oxygens (including phenoxy) is 1. The number of nitrogens with one attached hydrogen (secondary N) is 1. The van der Waals surface area contributed by atoms with Gasteiger partial charge in [0.25, 0.3) is 0 Å². The van der Waals surface area contributed by atoms with Crippen LogP contribution in [-0.4, -0.2) is 60.2 Å². The van der Waals surface area contributed by atoms with E-state index in [1.807, 2.05) is 30.0 Å². The molecule has 3 rings (SSSR count). The Balaban J connectivity index is 1.30. The zero-order chi connectivity index (χ0) is 18.9. The van der Waals surface area contributed by atoms with Crippen LogP contribution in [0.1, 0.15) is 25.0 Å². The fraction of sp³-hybridized carbons (Fsp3) is 0.450. The molecule has 0 aliphatic carbocycles. The largest absolute Gasteiger partial charge is 0.374 e. The summed E-state index contributed by atoms with van der Waals surface area (Å²) in [5.41, 5.74) is 1.17. The molecule has 144 valence electrons. The van der Waals surface area contributed by atoms with E-state index in [1.165, 1.54) is 5.56 Å². The second-order valence-corrected chi connectivity index (χ2v) is 6.53. The van der Waals surface area contributed by atoms with Crippen molar-refractivity contribution in [2.24, 2.45) is 0 Å². The summed E-state index contributed by atoms with van der Waals surface area (Å²) < 4.78 is 5.83. The number of hydrogen-bond donors (Lipinski definition) is 1. The predicted octanol–water partition coefficient (Wildman–Crippen LogP) is 2.48. The number of aromatic nitrogens is 2. The first-order valence-electron chi connectivity index (χ1n) is 9.45. The van der Waals surface area contributed by atoms with Crippen LogP contribution in [0, 0.1) is 0 Å². The zero-order valence-corrected chi connectivity index (χ0v) is 15.8. The zero-order valence-electron chi connectivity index (χ0n) is 15.8. The maximum absolute atomic E-state index is 12.3. The van der Waals surface area contributed by atoms with Crippen molar-refractivity contribution in [1.82, 2.24) is 20.2 Å². The van der Waals surface area contributed by atoms with Gasteiger partial charge in [0.2, 0.25) is 5.95 Å². The van der Waals surface area contributed by atoms with Crippen molar-refractivity contribution in [2.45, 2.75) is 19.4 Å². The van der Waals surface area contributed by atoms with E-state index >= 15 is 0 Å². The van der Waals surface area contributed by atoms with Crippen molar-refractivity contribution in [3.63, 3.8) is 0 Å². The molecule has 0 unspecified atom stereocenters. The molecule has 27 heavy (non-hydrogen) atoms. The van der Waals surface area contributed by atoms with Crippen LogP contribution in [0.2, 0.25) is 0 Å². The molecule has 1 fully saturated rings. The lowest BCUT2D eigenvalue weighted by atomic mass is 10.1. The lowest BCUT2D eigenvalue weighted by molar-refractivity contribution is 0.0642. The molecule has 7 heteroatoms. The predicted molar refractivity (Wildman–Crippen MR) is 105 cm³/mol. The van der Waals surface area contributed by atoms with Crippen LogP contribution in [0.3, 0.4) is 0 Å². The second kappa shape index (κ2) is 9.87. The molecule has 2 heterocycles. The van der Waals surface area contributed by atoms with Gasteiger partial charge in [0, 0.05) is 51.7 Å². The first-order valence-corrected chi connectivity index (χ1v) is 9.45. The highest BCUT2D eigenvalue weighted by atomic mass is 16.5. The Bertz CT molecular complexity index is 690. The molecule has 2 aromatic rings. The Hall–Kier alpha value is -2.67. The topological polar surface area (TPSA) is 70.6 Å². The summed E-state index contributed by atoms with van der Waals surface area (Å²) in [7, 11) is 0. The Morgan fingerprint density at radius 1 is 1.11 bits per heavy atom. The number of hydrogen-bond acceptors (Lipinski definition) is 5. The summed E-state index contributed by atoms with van der Waals surface area (Å²) >= 11 is 0. The SMILES string of the molecule is C[C@@H](OCCCNC(=O)N1CCN(c2ncccn2)CC1)c1ccccc1. The van der Waals surface area contributed by atoms with Crippen molar-refractivity contribution in [1.29, 1.82) is 0 Å². The van der Waals surface area contributed by atoms with Gasteiger partial charge in [-0.1, -0.05) is 30.3 Å². The first-order chi connectivity index (χ1) is 13.2. The fourth-order valence-corrected chi connectivity index (χ4v) is 3.02. The van der Waals surface area contributed by atoms with Crippen LogP contribution >= 0.6 is 0 Å².